The minimum atomic E-state index is -0.558. The third kappa shape index (κ3) is 2.20. The number of furan rings is 1. The molecule has 0 fully saturated rings. The number of para-hydroxylation sites is 1. The number of hydrogen-bond acceptors (Lipinski definition) is 2. The van der Waals surface area contributed by atoms with Crippen molar-refractivity contribution >= 4 is 26.9 Å². The first kappa shape index (κ1) is 11.4. The second kappa shape index (κ2) is 4.85. The molecule has 84 valence electrons. The van der Waals surface area contributed by atoms with Gasteiger partial charge in [-0.3, -0.25) is 0 Å². The van der Waals surface area contributed by atoms with Crippen LogP contribution in [0.25, 0.3) is 11.0 Å². The molecular formula is C13H13BrO2. The molecule has 0 radical (unpaired) electrons. The summed E-state index contributed by atoms with van der Waals surface area (Å²) in [6, 6.07) is 7.72. The van der Waals surface area contributed by atoms with Crippen LogP contribution >= 0.6 is 15.9 Å². The maximum atomic E-state index is 9.89. The van der Waals surface area contributed by atoms with Crippen LogP contribution in [0.3, 0.4) is 0 Å². The van der Waals surface area contributed by atoms with E-state index in [1.165, 1.54) is 0 Å². The van der Waals surface area contributed by atoms with E-state index in [1.54, 1.807) is 6.08 Å². The topological polar surface area (TPSA) is 33.4 Å². The van der Waals surface area contributed by atoms with Crippen molar-refractivity contribution in [1.29, 1.82) is 0 Å². The zero-order chi connectivity index (χ0) is 11.5. The summed E-state index contributed by atoms with van der Waals surface area (Å²) in [4.78, 5) is 0. The number of halogens is 1. The molecule has 0 aliphatic heterocycles. The molecule has 2 nitrogen and oxygen atoms in total. The molecule has 1 aromatic heterocycles. The lowest BCUT2D eigenvalue weighted by molar-refractivity contribution is 0.143. The van der Waals surface area contributed by atoms with Crippen LogP contribution in [0.1, 0.15) is 24.7 Å². The van der Waals surface area contributed by atoms with E-state index in [-0.39, 0.29) is 0 Å². The number of aliphatic hydroxyl groups excluding tert-OH is 1. The van der Waals surface area contributed by atoms with Gasteiger partial charge in [0.05, 0.1) is 4.47 Å². The molecule has 2 rings (SSSR count). The summed E-state index contributed by atoms with van der Waals surface area (Å²) in [6.45, 7) is 3.63. The van der Waals surface area contributed by atoms with Gasteiger partial charge in [0.1, 0.15) is 17.4 Å². The molecular weight excluding hydrogens is 268 g/mol. The maximum absolute atomic E-state index is 9.89. The summed E-state index contributed by atoms with van der Waals surface area (Å²) in [5, 5.41) is 10.9. The summed E-state index contributed by atoms with van der Waals surface area (Å²) in [5.74, 6) is 0.615. The summed E-state index contributed by atoms with van der Waals surface area (Å²) >= 11 is 3.42. The second-order valence-corrected chi connectivity index (χ2v) is 4.54. The monoisotopic (exact) mass is 280 g/mol. The van der Waals surface area contributed by atoms with Crippen molar-refractivity contribution < 1.29 is 9.52 Å². The van der Waals surface area contributed by atoms with Crippen molar-refractivity contribution in [2.24, 2.45) is 0 Å². The van der Waals surface area contributed by atoms with E-state index in [9.17, 15) is 5.11 Å². The Morgan fingerprint density at radius 2 is 2.31 bits per heavy atom. The largest absolute Gasteiger partial charge is 0.457 e. The van der Waals surface area contributed by atoms with Gasteiger partial charge in [0, 0.05) is 5.39 Å². The Labute approximate surface area is 103 Å². The minimum absolute atomic E-state index is 0.558. The highest BCUT2D eigenvalue weighted by Crippen LogP contribution is 2.30. The van der Waals surface area contributed by atoms with E-state index < -0.39 is 6.10 Å². The van der Waals surface area contributed by atoms with Gasteiger partial charge in [-0.15, -0.1) is 6.58 Å². The Bertz CT molecular complexity index is 502. The molecule has 1 heterocycles. The van der Waals surface area contributed by atoms with Crippen LogP contribution in [0.4, 0.5) is 0 Å². The first-order valence-corrected chi connectivity index (χ1v) is 5.98. The van der Waals surface area contributed by atoms with Gasteiger partial charge >= 0.3 is 0 Å². The molecule has 0 saturated heterocycles. The molecule has 16 heavy (non-hydrogen) atoms. The Hall–Kier alpha value is -1.06. The van der Waals surface area contributed by atoms with Crippen molar-refractivity contribution in [2.75, 3.05) is 0 Å². The SMILES string of the molecule is C=CCCC(O)c1cc2cccc(Br)c2o1. The van der Waals surface area contributed by atoms with Crippen LogP contribution in [0.2, 0.25) is 0 Å². The highest BCUT2D eigenvalue weighted by atomic mass is 79.9. The van der Waals surface area contributed by atoms with E-state index in [2.05, 4.69) is 22.5 Å². The standard InChI is InChI=1S/C13H13BrO2/c1-2-3-7-11(15)12-8-9-5-4-6-10(14)13(9)16-12/h2,4-6,8,11,15H,1,3,7H2. The van der Waals surface area contributed by atoms with Gasteiger partial charge in [-0.2, -0.15) is 0 Å². The van der Waals surface area contributed by atoms with Crippen molar-refractivity contribution in [3.63, 3.8) is 0 Å². The van der Waals surface area contributed by atoms with Crippen LogP contribution in [0.15, 0.2) is 45.8 Å². The first-order chi connectivity index (χ1) is 7.72. The predicted octanol–water partition coefficient (Wildman–Crippen LogP) is 4.19. The molecule has 1 atom stereocenters. The quantitative estimate of drug-likeness (QED) is 0.852. The lowest BCUT2D eigenvalue weighted by Gasteiger charge is -2.04. The van der Waals surface area contributed by atoms with Crippen molar-refractivity contribution in [3.05, 3.63) is 47.2 Å². The van der Waals surface area contributed by atoms with Crippen LogP contribution in [0, 0.1) is 0 Å². The number of allylic oxidation sites excluding steroid dienone is 1. The third-order valence-electron chi connectivity index (χ3n) is 2.49. The highest BCUT2D eigenvalue weighted by molar-refractivity contribution is 9.10. The van der Waals surface area contributed by atoms with E-state index in [1.807, 2.05) is 24.3 Å². The van der Waals surface area contributed by atoms with Crippen molar-refractivity contribution in [2.45, 2.75) is 18.9 Å². The van der Waals surface area contributed by atoms with E-state index >= 15 is 0 Å². The molecule has 0 aliphatic carbocycles. The summed E-state index contributed by atoms with van der Waals surface area (Å²) in [5.41, 5.74) is 0.787. The molecule has 0 bridgehead atoms. The van der Waals surface area contributed by atoms with Crippen LogP contribution in [-0.4, -0.2) is 5.11 Å². The summed E-state index contributed by atoms with van der Waals surface area (Å²) in [7, 11) is 0. The zero-order valence-corrected chi connectivity index (χ0v) is 10.4. The number of hydrogen-bond donors (Lipinski definition) is 1. The molecule has 2 aromatic rings. The molecule has 0 amide bonds. The summed E-state index contributed by atoms with van der Waals surface area (Å²) in [6.07, 6.45) is 2.65. The van der Waals surface area contributed by atoms with Crippen molar-refractivity contribution in [1.82, 2.24) is 0 Å². The van der Waals surface area contributed by atoms with Crippen molar-refractivity contribution in [3.8, 4) is 0 Å². The second-order valence-electron chi connectivity index (χ2n) is 3.69. The van der Waals surface area contributed by atoms with Gasteiger partial charge in [-0.1, -0.05) is 18.2 Å². The average molecular weight is 281 g/mol. The van der Waals surface area contributed by atoms with Gasteiger partial charge in [-0.25, -0.2) is 0 Å². The van der Waals surface area contributed by atoms with Gasteiger partial charge in [-0.05, 0) is 40.9 Å². The lowest BCUT2D eigenvalue weighted by Crippen LogP contribution is -1.93. The Morgan fingerprint density at radius 1 is 1.50 bits per heavy atom. The summed E-state index contributed by atoms with van der Waals surface area (Å²) < 4.78 is 6.54. The fourth-order valence-corrected chi connectivity index (χ4v) is 2.09. The maximum Gasteiger partial charge on any atom is 0.148 e. The molecule has 3 heteroatoms. The van der Waals surface area contributed by atoms with Crippen LogP contribution in [0.5, 0.6) is 0 Å². The van der Waals surface area contributed by atoms with E-state index in [4.69, 9.17) is 4.42 Å². The number of fused-ring (bicyclic) bond motifs is 1. The fraction of sp³-hybridized carbons (Fsp3) is 0.231. The zero-order valence-electron chi connectivity index (χ0n) is 8.82. The molecule has 0 saturated carbocycles. The smallest absolute Gasteiger partial charge is 0.148 e. The molecule has 0 spiro atoms. The normalized spacial score (nSPS) is 12.9. The first-order valence-electron chi connectivity index (χ1n) is 5.19. The van der Waals surface area contributed by atoms with E-state index in [0.29, 0.717) is 12.2 Å². The Balaban J connectivity index is 2.32. The molecule has 0 aliphatic rings. The van der Waals surface area contributed by atoms with Gasteiger partial charge in [0.25, 0.3) is 0 Å². The van der Waals surface area contributed by atoms with Crippen LogP contribution in [-0.2, 0) is 0 Å². The Morgan fingerprint density at radius 3 is 3.00 bits per heavy atom. The van der Waals surface area contributed by atoms with Gasteiger partial charge < -0.3 is 9.52 Å². The average Bonchev–Trinajstić information content (AvgIpc) is 2.71. The van der Waals surface area contributed by atoms with Crippen LogP contribution < -0.4 is 0 Å². The number of rotatable bonds is 4. The molecule has 1 aromatic carbocycles. The number of benzene rings is 1. The highest BCUT2D eigenvalue weighted by Gasteiger charge is 2.13. The Kier molecular flexibility index (Phi) is 3.46. The fourth-order valence-electron chi connectivity index (χ4n) is 1.63. The van der Waals surface area contributed by atoms with E-state index in [0.717, 1.165) is 21.9 Å². The number of aliphatic hydroxyl groups is 1. The predicted molar refractivity (Wildman–Crippen MR) is 68.3 cm³/mol. The van der Waals surface area contributed by atoms with Gasteiger partial charge in [0.2, 0.25) is 0 Å². The van der Waals surface area contributed by atoms with Gasteiger partial charge in [0.15, 0.2) is 0 Å². The lowest BCUT2D eigenvalue weighted by atomic mass is 10.1. The molecule has 1 N–H and O–H groups in total. The third-order valence-corrected chi connectivity index (χ3v) is 3.11. The minimum Gasteiger partial charge on any atom is -0.457 e. The molecule has 1 unspecified atom stereocenters.